The number of ether oxygens (including phenoxy) is 2. The Labute approximate surface area is 178 Å². The van der Waals surface area contributed by atoms with Gasteiger partial charge in [0.15, 0.2) is 0 Å². The number of methoxy groups -OCH3 is 2. The second kappa shape index (κ2) is 8.11. The zero-order valence-corrected chi connectivity index (χ0v) is 18.3. The van der Waals surface area contributed by atoms with Gasteiger partial charge >= 0.3 is 0 Å². The lowest BCUT2D eigenvalue weighted by atomic mass is 10.0. The maximum Gasteiger partial charge on any atom is 0.230 e. The number of thiazole rings is 1. The highest BCUT2D eigenvalue weighted by molar-refractivity contribution is 7.17. The Hall–Kier alpha value is -2.85. The molecule has 3 heterocycles. The number of aromatic hydroxyl groups is 1. The molecule has 0 spiro atoms. The number of hydrogen-bond donors (Lipinski definition) is 1. The predicted octanol–water partition coefficient (Wildman–Crippen LogP) is 2.08. The van der Waals surface area contributed by atoms with E-state index in [-0.39, 0.29) is 17.8 Å². The van der Waals surface area contributed by atoms with Gasteiger partial charge in [-0.15, -0.1) is 5.10 Å². The molecule has 0 unspecified atom stereocenters. The molecule has 1 aromatic carbocycles. The van der Waals surface area contributed by atoms with Crippen LogP contribution in [0.25, 0.3) is 4.96 Å². The summed E-state index contributed by atoms with van der Waals surface area (Å²) in [6.45, 7) is 5.96. The SMILES string of the molecule is COc1ccc(OC)c([C@H](c2sc3nc(C)nn3c2O)N2CCN(C(C)=O)CC2)c1. The van der Waals surface area contributed by atoms with Crippen molar-refractivity contribution in [2.45, 2.75) is 19.9 Å². The summed E-state index contributed by atoms with van der Waals surface area (Å²) in [4.78, 5) is 21.6. The van der Waals surface area contributed by atoms with Crippen LogP contribution in [0.5, 0.6) is 17.4 Å². The van der Waals surface area contributed by atoms with Crippen molar-refractivity contribution in [2.75, 3.05) is 40.4 Å². The molecule has 10 heteroatoms. The number of hydrogen-bond acceptors (Lipinski definition) is 8. The van der Waals surface area contributed by atoms with Crippen LogP contribution in [0.1, 0.15) is 29.2 Å². The van der Waals surface area contributed by atoms with E-state index in [2.05, 4.69) is 15.0 Å². The minimum atomic E-state index is -0.294. The molecule has 4 rings (SSSR count). The minimum Gasteiger partial charge on any atom is -0.497 e. The van der Waals surface area contributed by atoms with Crippen LogP contribution < -0.4 is 9.47 Å². The van der Waals surface area contributed by atoms with Crippen molar-refractivity contribution < 1.29 is 19.4 Å². The van der Waals surface area contributed by atoms with E-state index in [9.17, 15) is 9.90 Å². The van der Waals surface area contributed by atoms with Gasteiger partial charge in [-0.2, -0.15) is 4.52 Å². The second-order valence-electron chi connectivity index (χ2n) is 7.20. The largest absolute Gasteiger partial charge is 0.497 e. The van der Waals surface area contributed by atoms with Crippen LogP contribution in [-0.4, -0.2) is 75.8 Å². The fourth-order valence-corrected chi connectivity index (χ4v) is 5.03. The molecule has 30 heavy (non-hydrogen) atoms. The smallest absolute Gasteiger partial charge is 0.230 e. The van der Waals surface area contributed by atoms with Gasteiger partial charge in [-0.05, 0) is 25.1 Å². The number of carbonyl (C=O) groups excluding carboxylic acids is 1. The number of piperazine rings is 1. The number of aromatic nitrogens is 3. The first kappa shape index (κ1) is 20.4. The van der Waals surface area contributed by atoms with Crippen LogP contribution in [0.15, 0.2) is 18.2 Å². The first-order valence-electron chi connectivity index (χ1n) is 9.69. The van der Waals surface area contributed by atoms with Crippen LogP contribution in [-0.2, 0) is 4.79 Å². The molecule has 1 aliphatic heterocycles. The van der Waals surface area contributed by atoms with E-state index in [1.54, 1.807) is 28.1 Å². The molecule has 1 N–H and O–H groups in total. The average molecular weight is 432 g/mol. The molecule has 1 fully saturated rings. The minimum absolute atomic E-state index is 0.0690. The predicted molar refractivity (Wildman–Crippen MR) is 112 cm³/mol. The standard InChI is InChI=1S/C20H25N5O4S/c1-12-21-20-25(22-12)19(27)18(30-20)17(24-9-7-23(8-10-24)13(2)26)15-11-14(28-3)5-6-16(15)29-4/h5-6,11,17,27H,7-10H2,1-4H3/t17-/m1/s1. The first-order valence-corrected chi connectivity index (χ1v) is 10.5. The molecule has 160 valence electrons. The molecule has 1 atom stereocenters. The molecule has 2 aromatic heterocycles. The van der Waals surface area contributed by atoms with E-state index < -0.39 is 0 Å². The summed E-state index contributed by atoms with van der Waals surface area (Å²) in [6, 6.07) is 5.35. The molecule has 1 saturated heterocycles. The highest BCUT2D eigenvalue weighted by atomic mass is 32.1. The highest BCUT2D eigenvalue weighted by Crippen LogP contribution is 2.44. The van der Waals surface area contributed by atoms with Crippen molar-refractivity contribution >= 4 is 22.2 Å². The fourth-order valence-electron chi connectivity index (χ4n) is 3.88. The van der Waals surface area contributed by atoms with Crippen LogP contribution in [0.3, 0.4) is 0 Å². The van der Waals surface area contributed by atoms with Crippen molar-refractivity contribution in [1.82, 2.24) is 24.4 Å². The molecular formula is C20H25N5O4S. The Balaban J connectivity index is 1.82. The summed E-state index contributed by atoms with van der Waals surface area (Å²) >= 11 is 1.40. The van der Waals surface area contributed by atoms with Gasteiger partial charge in [0.1, 0.15) is 17.3 Å². The third kappa shape index (κ3) is 3.56. The Bertz CT molecular complexity index is 1070. The number of aryl methyl sites for hydroxylation is 1. The van der Waals surface area contributed by atoms with E-state index in [1.807, 2.05) is 23.1 Å². The van der Waals surface area contributed by atoms with Crippen molar-refractivity contribution in [1.29, 1.82) is 0 Å². The summed E-state index contributed by atoms with van der Waals surface area (Å²) in [5.74, 6) is 2.15. The zero-order chi connectivity index (χ0) is 21.4. The van der Waals surface area contributed by atoms with Gasteiger partial charge < -0.3 is 19.5 Å². The van der Waals surface area contributed by atoms with Gasteiger partial charge in [0.05, 0.1) is 25.1 Å². The van der Waals surface area contributed by atoms with Gasteiger partial charge in [0.25, 0.3) is 0 Å². The van der Waals surface area contributed by atoms with Crippen molar-refractivity contribution in [2.24, 2.45) is 0 Å². The number of rotatable bonds is 5. The van der Waals surface area contributed by atoms with Gasteiger partial charge in [-0.25, -0.2) is 4.98 Å². The lowest BCUT2D eigenvalue weighted by Gasteiger charge is -2.39. The number of fused-ring (bicyclic) bond motifs is 1. The normalized spacial score (nSPS) is 16.1. The van der Waals surface area contributed by atoms with Gasteiger partial charge in [0, 0.05) is 38.7 Å². The molecule has 9 nitrogen and oxygen atoms in total. The lowest BCUT2D eigenvalue weighted by molar-refractivity contribution is -0.130. The van der Waals surface area contributed by atoms with Crippen LogP contribution in [0.2, 0.25) is 0 Å². The highest BCUT2D eigenvalue weighted by Gasteiger charge is 2.34. The van der Waals surface area contributed by atoms with Crippen molar-refractivity contribution in [3.05, 3.63) is 34.5 Å². The molecule has 0 saturated carbocycles. The van der Waals surface area contributed by atoms with E-state index in [0.717, 1.165) is 10.4 Å². The van der Waals surface area contributed by atoms with Gasteiger partial charge in [-0.3, -0.25) is 9.69 Å². The Morgan fingerprint density at radius 3 is 2.53 bits per heavy atom. The third-order valence-electron chi connectivity index (χ3n) is 5.41. The molecule has 0 radical (unpaired) electrons. The Morgan fingerprint density at radius 2 is 1.93 bits per heavy atom. The second-order valence-corrected chi connectivity index (χ2v) is 8.20. The third-order valence-corrected chi connectivity index (χ3v) is 6.48. The fraction of sp³-hybridized carbons (Fsp3) is 0.450. The number of amides is 1. The van der Waals surface area contributed by atoms with E-state index in [1.165, 1.54) is 15.9 Å². The van der Waals surface area contributed by atoms with Crippen LogP contribution >= 0.6 is 11.3 Å². The van der Waals surface area contributed by atoms with E-state index >= 15 is 0 Å². The molecular weight excluding hydrogens is 406 g/mol. The van der Waals surface area contributed by atoms with Crippen molar-refractivity contribution in [3.63, 3.8) is 0 Å². The summed E-state index contributed by atoms with van der Waals surface area (Å²) in [5, 5.41) is 15.3. The Morgan fingerprint density at radius 1 is 1.20 bits per heavy atom. The number of nitrogens with zero attached hydrogens (tertiary/aromatic N) is 5. The summed E-state index contributed by atoms with van der Waals surface area (Å²) in [7, 11) is 3.25. The molecule has 1 amide bonds. The maximum atomic E-state index is 11.8. The van der Waals surface area contributed by atoms with Crippen LogP contribution in [0.4, 0.5) is 0 Å². The number of carbonyl (C=O) groups is 1. The Kier molecular flexibility index (Phi) is 5.52. The topological polar surface area (TPSA) is 92.4 Å². The van der Waals surface area contributed by atoms with Crippen LogP contribution in [0, 0.1) is 6.92 Å². The lowest BCUT2D eigenvalue weighted by Crippen LogP contribution is -2.49. The van der Waals surface area contributed by atoms with E-state index in [4.69, 9.17) is 9.47 Å². The number of benzene rings is 1. The van der Waals surface area contributed by atoms with Crippen molar-refractivity contribution in [3.8, 4) is 17.4 Å². The van der Waals surface area contributed by atoms with E-state index in [0.29, 0.717) is 48.5 Å². The monoisotopic (exact) mass is 431 g/mol. The summed E-state index contributed by atoms with van der Waals surface area (Å²) in [6.07, 6.45) is 0. The van der Waals surface area contributed by atoms with Gasteiger partial charge in [0.2, 0.25) is 16.7 Å². The molecule has 0 aliphatic carbocycles. The summed E-state index contributed by atoms with van der Waals surface area (Å²) < 4.78 is 12.6. The first-order chi connectivity index (χ1) is 14.4. The molecule has 0 bridgehead atoms. The maximum absolute atomic E-state index is 11.8. The quantitative estimate of drug-likeness (QED) is 0.661. The summed E-state index contributed by atoms with van der Waals surface area (Å²) in [5.41, 5.74) is 0.879. The molecule has 3 aromatic rings. The average Bonchev–Trinajstić information content (AvgIpc) is 3.25. The zero-order valence-electron chi connectivity index (χ0n) is 17.5. The molecule has 1 aliphatic rings. The van der Waals surface area contributed by atoms with Gasteiger partial charge in [-0.1, -0.05) is 11.3 Å².